The van der Waals surface area contributed by atoms with Crippen LogP contribution in [0.5, 0.6) is 0 Å². The summed E-state index contributed by atoms with van der Waals surface area (Å²) >= 11 is 1.80. The third kappa shape index (κ3) is 4.71. The molecule has 2 rings (SSSR count). The van der Waals surface area contributed by atoms with E-state index in [0.717, 1.165) is 19.0 Å². The van der Waals surface area contributed by atoms with Gasteiger partial charge in [0.05, 0.1) is 10.7 Å². The fourth-order valence-electron chi connectivity index (χ4n) is 2.46. The summed E-state index contributed by atoms with van der Waals surface area (Å²) in [6.45, 7) is 11.3. The maximum atomic E-state index is 4.78. The second-order valence-electron chi connectivity index (χ2n) is 6.34. The van der Waals surface area contributed by atoms with Gasteiger partial charge in [-0.3, -0.25) is 4.90 Å². The number of thiazole rings is 1. The molecule has 1 fully saturated rings. The minimum absolute atomic E-state index is 0. The van der Waals surface area contributed by atoms with Crippen LogP contribution in [0.1, 0.15) is 37.9 Å². The van der Waals surface area contributed by atoms with Crippen LogP contribution in [0.3, 0.4) is 0 Å². The van der Waals surface area contributed by atoms with Crippen LogP contribution >= 0.6 is 23.7 Å². The van der Waals surface area contributed by atoms with Crippen molar-refractivity contribution in [1.29, 1.82) is 0 Å². The molecule has 1 aromatic heterocycles. The van der Waals surface area contributed by atoms with Crippen molar-refractivity contribution in [2.45, 2.75) is 39.2 Å². The van der Waals surface area contributed by atoms with Crippen LogP contribution in [0.15, 0.2) is 5.38 Å². The molecular weight excluding hydrogens is 278 g/mol. The van der Waals surface area contributed by atoms with Crippen molar-refractivity contribution in [2.75, 3.05) is 26.7 Å². The second kappa shape index (κ2) is 7.02. The first kappa shape index (κ1) is 16.9. The van der Waals surface area contributed by atoms with Crippen LogP contribution in [0.4, 0.5) is 0 Å². The number of nitrogens with zero attached hydrogens (tertiary/aromatic N) is 2. The van der Waals surface area contributed by atoms with Gasteiger partial charge in [0.15, 0.2) is 0 Å². The first-order chi connectivity index (χ1) is 8.49. The molecular formula is C14H26ClN3S. The number of halogens is 1. The fourth-order valence-corrected chi connectivity index (χ4v) is 3.36. The van der Waals surface area contributed by atoms with Crippen molar-refractivity contribution in [1.82, 2.24) is 15.2 Å². The largest absolute Gasteiger partial charge is 0.319 e. The Hall–Kier alpha value is -0.160. The predicted molar refractivity (Wildman–Crippen MR) is 85.4 cm³/mol. The molecule has 0 radical (unpaired) electrons. The Balaban J connectivity index is 0.00000180. The van der Waals surface area contributed by atoms with Crippen molar-refractivity contribution in [3.8, 4) is 0 Å². The summed E-state index contributed by atoms with van der Waals surface area (Å²) in [6.07, 6.45) is 1.32. The van der Waals surface area contributed by atoms with Gasteiger partial charge in [0.1, 0.15) is 0 Å². The lowest BCUT2D eigenvalue weighted by Gasteiger charge is -2.15. The quantitative estimate of drug-likeness (QED) is 0.927. The van der Waals surface area contributed by atoms with Gasteiger partial charge in [0.25, 0.3) is 0 Å². The number of likely N-dealkylation sites (tertiary alicyclic amines) is 1. The maximum Gasteiger partial charge on any atom is 0.0982 e. The summed E-state index contributed by atoms with van der Waals surface area (Å²) in [5.74, 6) is 0.815. The molecule has 0 aromatic carbocycles. The molecule has 0 aliphatic carbocycles. The zero-order valence-corrected chi connectivity index (χ0v) is 14.0. The average Bonchev–Trinajstić information content (AvgIpc) is 2.88. The highest BCUT2D eigenvalue weighted by Gasteiger charge is 2.23. The summed E-state index contributed by atoms with van der Waals surface area (Å²) < 4.78 is 0. The molecule has 1 unspecified atom stereocenters. The molecule has 1 N–H and O–H groups in total. The highest BCUT2D eigenvalue weighted by Crippen LogP contribution is 2.26. The zero-order chi connectivity index (χ0) is 13.2. The molecule has 0 bridgehead atoms. The second-order valence-corrected chi connectivity index (χ2v) is 7.20. The monoisotopic (exact) mass is 303 g/mol. The van der Waals surface area contributed by atoms with Crippen LogP contribution in [-0.2, 0) is 12.0 Å². The van der Waals surface area contributed by atoms with Gasteiger partial charge >= 0.3 is 0 Å². The van der Waals surface area contributed by atoms with E-state index in [-0.39, 0.29) is 17.8 Å². The molecule has 19 heavy (non-hydrogen) atoms. The van der Waals surface area contributed by atoms with Gasteiger partial charge in [-0.05, 0) is 32.5 Å². The molecule has 1 aromatic rings. The molecule has 3 nitrogen and oxygen atoms in total. The minimum atomic E-state index is 0. The van der Waals surface area contributed by atoms with Crippen LogP contribution in [0.2, 0.25) is 0 Å². The van der Waals surface area contributed by atoms with E-state index < -0.39 is 0 Å². The summed E-state index contributed by atoms with van der Waals surface area (Å²) in [4.78, 5) is 7.31. The van der Waals surface area contributed by atoms with E-state index in [1.807, 2.05) is 7.05 Å². The van der Waals surface area contributed by atoms with Crippen LogP contribution in [-0.4, -0.2) is 36.6 Å². The van der Waals surface area contributed by atoms with Crippen molar-refractivity contribution < 1.29 is 0 Å². The lowest BCUT2D eigenvalue weighted by atomic mass is 9.98. The minimum Gasteiger partial charge on any atom is -0.319 e. The molecule has 1 atom stereocenters. The van der Waals surface area contributed by atoms with E-state index in [9.17, 15) is 0 Å². The van der Waals surface area contributed by atoms with Crippen molar-refractivity contribution in [3.63, 3.8) is 0 Å². The number of rotatable bonds is 4. The van der Waals surface area contributed by atoms with E-state index in [0.29, 0.717) is 0 Å². The Morgan fingerprint density at radius 1 is 1.47 bits per heavy atom. The van der Waals surface area contributed by atoms with Crippen molar-refractivity contribution in [2.24, 2.45) is 5.92 Å². The van der Waals surface area contributed by atoms with Gasteiger partial charge in [0.2, 0.25) is 0 Å². The van der Waals surface area contributed by atoms with Crippen molar-refractivity contribution >= 4 is 23.7 Å². The van der Waals surface area contributed by atoms with Gasteiger partial charge < -0.3 is 5.32 Å². The topological polar surface area (TPSA) is 28.2 Å². The summed E-state index contributed by atoms with van der Waals surface area (Å²) in [7, 11) is 2.04. The molecule has 0 spiro atoms. The number of aromatic nitrogens is 1. The third-order valence-corrected chi connectivity index (χ3v) is 4.76. The summed E-state index contributed by atoms with van der Waals surface area (Å²) in [5, 5.41) is 6.76. The highest BCUT2D eigenvalue weighted by molar-refractivity contribution is 7.09. The number of hydrogen-bond acceptors (Lipinski definition) is 4. The molecule has 0 saturated carbocycles. The Bertz CT molecular complexity index is 386. The van der Waals surface area contributed by atoms with E-state index in [1.165, 1.54) is 30.2 Å². The molecule has 1 aliphatic heterocycles. The average molecular weight is 304 g/mol. The zero-order valence-electron chi connectivity index (χ0n) is 12.4. The first-order valence-corrected chi connectivity index (χ1v) is 7.69. The number of nitrogens with one attached hydrogen (secondary N) is 1. The molecule has 1 saturated heterocycles. The Labute approximate surface area is 127 Å². The Morgan fingerprint density at radius 3 is 2.79 bits per heavy atom. The van der Waals surface area contributed by atoms with E-state index in [4.69, 9.17) is 4.98 Å². The van der Waals surface area contributed by atoms with Gasteiger partial charge in [-0.2, -0.15) is 0 Å². The summed E-state index contributed by atoms with van der Waals surface area (Å²) in [5.41, 5.74) is 1.43. The van der Waals surface area contributed by atoms with E-state index in [1.54, 1.807) is 11.3 Å². The fraction of sp³-hybridized carbons (Fsp3) is 0.786. The van der Waals surface area contributed by atoms with Gasteiger partial charge in [-0.15, -0.1) is 23.7 Å². The summed E-state index contributed by atoms with van der Waals surface area (Å²) in [6, 6.07) is 0. The maximum absolute atomic E-state index is 4.78. The first-order valence-electron chi connectivity index (χ1n) is 6.81. The Kier molecular flexibility index (Phi) is 6.24. The normalized spacial score (nSPS) is 20.5. The van der Waals surface area contributed by atoms with Crippen LogP contribution < -0.4 is 5.32 Å². The van der Waals surface area contributed by atoms with Gasteiger partial charge in [0, 0.05) is 23.9 Å². The third-order valence-electron chi connectivity index (χ3n) is 3.44. The van der Waals surface area contributed by atoms with Crippen molar-refractivity contribution in [3.05, 3.63) is 16.1 Å². The van der Waals surface area contributed by atoms with Crippen LogP contribution in [0, 0.1) is 5.92 Å². The lowest BCUT2D eigenvalue weighted by Crippen LogP contribution is -2.24. The molecule has 110 valence electrons. The molecule has 1 aliphatic rings. The predicted octanol–water partition coefficient (Wildman–Crippen LogP) is 2.90. The van der Waals surface area contributed by atoms with Gasteiger partial charge in [-0.1, -0.05) is 20.8 Å². The standard InChI is InChI=1S/C14H25N3S.ClH/c1-14(2,3)13-16-12(10-18-13)9-17-6-5-11(8-17)7-15-4;/h10-11,15H,5-9H2,1-4H3;1H. The van der Waals surface area contributed by atoms with Crippen LogP contribution in [0.25, 0.3) is 0 Å². The Morgan fingerprint density at radius 2 is 2.21 bits per heavy atom. The number of hydrogen-bond donors (Lipinski definition) is 1. The van der Waals surface area contributed by atoms with E-state index >= 15 is 0 Å². The highest BCUT2D eigenvalue weighted by atomic mass is 35.5. The molecule has 5 heteroatoms. The van der Waals surface area contributed by atoms with Gasteiger partial charge in [-0.25, -0.2) is 4.98 Å². The van der Waals surface area contributed by atoms with E-state index in [2.05, 4.69) is 36.4 Å². The molecule has 2 heterocycles. The molecule has 0 amide bonds. The smallest absolute Gasteiger partial charge is 0.0982 e. The lowest BCUT2D eigenvalue weighted by molar-refractivity contribution is 0.312. The SMILES string of the molecule is CNCC1CCN(Cc2csc(C(C)(C)C)n2)C1.Cl.